The third-order valence-corrected chi connectivity index (χ3v) is 2.27. The second-order valence-electron chi connectivity index (χ2n) is 4.56. The number of hydrogen-bond donors (Lipinski definition) is 1. The van der Waals surface area contributed by atoms with E-state index in [0.29, 0.717) is 11.3 Å². The van der Waals surface area contributed by atoms with Crippen LogP contribution in [0.3, 0.4) is 0 Å². The molecule has 1 amide bonds. The predicted molar refractivity (Wildman–Crippen MR) is 64.7 cm³/mol. The highest BCUT2D eigenvalue weighted by atomic mass is 35.5. The van der Waals surface area contributed by atoms with Gasteiger partial charge in [-0.2, -0.15) is 0 Å². The molecule has 1 rings (SSSR count). The van der Waals surface area contributed by atoms with Crippen molar-refractivity contribution in [3.8, 4) is 0 Å². The Labute approximate surface area is 99.8 Å². The molecule has 0 radical (unpaired) electrons. The average molecular weight is 240 g/mol. The van der Waals surface area contributed by atoms with Crippen molar-refractivity contribution in [3.05, 3.63) is 29.8 Å². The number of carbonyl (C=O) groups is 2. The smallest absolute Gasteiger partial charge is 0.252 e. The van der Waals surface area contributed by atoms with Crippen molar-refractivity contribution < 1.29 is 9.59 Å². The fourth-order valence-electron chi connectivity index (χ4n) is 1.00. The molecule has 1 aromatic rings. The maximum atomic E-state index is 11.6. The van der Waals surface area contributed by atoms with Crippen molar-refractivity contribution in [1.82, 2.24) is 0 Å². The van der Waals surface area contributed by atoms with Gasteiger partial charge in [0.05, 0.1) is 0 Å². The molecule has 86 valence electrons. The molecular weight excluding hydrogens is 226 g/mol. The zero-order valence-electron chi connectivity index (χ0n) is 9.50. The number of nitrogens with one attached hydrogen (secondary N) is 1. The van der Waals surface area contributed by atoms with E-state index in [-0.39, 0.29) is 5.91 Å². The summed E-state index contributed by atoms with van der Waals surface area (Å²) in [6.07, 6.45) is 0. The molecule has 0 atom stereocenters. The molecule has 0 aliphatic rings. The summed E-state index contributed by atoms with van der Waals surface area (Å²) in [5.74, 6) is -0.0718. The van der Waals surface area contributed by atoms with E-state index >= 15 is 0 Å². The van der Waals surface area contributed by atoms with Gasteiger partial charge in [-0.3, -0.25) is 9.59 Å². The molecule has 0 aliphatic heterocycles. The molecule has 1 aromatic carbocycles. The molecule has 0 saturated carbocycles. The molecule has 1 N–H and O–H groups in total. The second-order valence-corrected chi connectivity index (χ2v) is 4.90. The fraction of sp³-hybridized carbons (Fsp3) is 0.333. The predicted octanol–water partition coefficient (Wildman–Crippen LogP) is 3.05. The van der Waals surface area contributed by atoms with E-state index < -0.39 is 10.7 Å². The van der Waals surface area contributed by atoms with E-state index in [9.17, 15) is 9.59 Å². The van der Waals surface area contributed by atoms with Gasteiger partial charge < -0.3 is 5.32 Å². The molecule has 0 aliphatic carbocycles. The van der Waals surface area contributed by atoms with Crippen LogP contribution in [-0.2, 0) is 4.79 Å². The van der Waals surface area contributed by atoms with E-state index in [1.165, 1.54) is 0 Å². The first-order valence-electron chi connectivity index (χ1n) is 4.92. The highest BCUT2D eigenvalue weighted by Crippen LogP contribution is 2.18. The lowest BCUT2D eigenvalue weighted by molar-refractivity contribution is -0.123. The minimum Gasteiger partial charge on any atom is -0.326 e. The maximum absolute atomic E-state index is 11.6. The van der Waals surface area contributed by atoms with Crippen LogP contribution in [0.25, 0.3) is 0 Å². The van der Waals surface area contributed by atoms with Crippen molar-refractivity contribution in [2.24, 2.45) is 5.41 Å². The van der Waals surface area contributed by atoms with Crippen LogP contribution >= 0.6 is 11.6 Å². The Morgan fingerprint density at radius 1 is 1.12 bits per heavy atom. The summed E-state index contributed by atoms with van der Waals surface area (Å²) < 4.78 is 0. The molecular formula is C12H14ClNO2. The quantitative estimate of drug-likeness (QED) is 0.807. The molecule has 0 heterocycles. The first-order valence-corrected chi connectivity index (χ1v) is 5.30. The van der Waals surface area contributed by atoms with Gasteiger partial charge in [-0.05, 0) is 35.9 Å². The Kier molecular flexibility index (Phi) is 3.70. The Morgan fingerprint density at radius 2 is 1.62 bits per heavy atom. The van der Waals surface area contributed by atoms with Crippen LogP contribution in [0.15, 0.2) is 24.3 Å². The Morgan fingerprint density at radius 3 is 2.00 bits per heavy atom. The zero-order chi connectivity index (χ0) is 12.3. The van der Waals surface area contributed by atoms with Gasteiger partial charge in [0.25, 0.3) is 5.24 Å². The largest absolute Gasteiger partial charge is 0.326 e. The molecule has 0 bridgehead atoms. The highest BCUT2D eigenvalue weighted by molar-refractivity contribution is 6.67. The van der Waals surface area contributed by atoms with Crippen LogP contribution in [0.5, 0.6) is 0 Å². The van der Waals surface area contributed by atoms with Crippen molar-refractivity contribution in [2.75, 3.05) is 5.32 Å². The maximum Gasteiger partial charge on any atom is 0.252 e. The van der Waals surface area contributed by atoms with E-state index in [4.69, 9.17) is 11.6 Å². The standard InChI is InChI=1S/C12H14ClNO2/c1-12(2,3)11(16)14-9-6-4-8(5-7-9)10(13)15/h4-7H,1-3H3,(H,14,16). The Hall–Kier alpha value is -1.35. The highest BCUT2D eigenvalue weighted by Gasteiger charge is 2.20. The zero-order valence-corrected chi connectivity index (χ0v) is 10.3. The van der Waals surface area contributed by atoms with Crippen molar-refractivity contribution in [3.63, 3.8) is 0 Å². The number of halogens is 1. The summed E-state index contributed by atoms with van der Waals surface area (Å²) in [5.41, 5.74) is 0.623. The van der Waals surface area contributed by atoms with E-state index in [0.717, 1.165) is 0 Å². The lowest BCUT2D eigenvalue weighted by Crippen LogP contribution is -2.27. The number of amides is 1. The van der Waals surface area contributed by atoms with Gasteiger partial charge in [0.1, 0.15) is 0 Å². The van der Waals surface area contributed by atoms with Crippen molar-refractivity contribution in [2.45, 2.75) is 20.8 Å². The third kappa shape index (κ3) is 3.35. The topological polar surface area (TPSA) is 46.2 Å². The van der Waals surface area contributed by atoms with Crippen molar-refractivity contribution >= 4 is 28.4 Å². The monoisotopic (exact) mass is 239 g/mol. The summed E-state index contributed by atoms with van der Waals surface area (Å²) in [6, 6.07) is 6.46. The normalized spacial score (nSPS) is 11.0. The summed E-state index contributed by atoms with van der Waals surface area (Å²) in [7, 11) is 0. The lowest BCUT2D eigenvalue weighted by Gasteiger charge is -2.17. The van der Waals surface area contributed by atoms with Crippen LogP contribution in [0, 0.1) is 5.41 Å². The molecule has 0 unspecified atom stereocenters. The minimum atomic E-state index is -0.506. The van der Waals surface area contributed by atoms with Gasteiger partial charge in [-0.1, -0.05) is 20.8 Å². The Bertz CT molecular complexity index is 404. The SMILES string of the molecule is CC(C)(C)C(=O)Nc1ccc(C(=O)Cl)cc1. The van der Waals surface area contributed by atoms with Crippen LogP contribution in [0.4, 0.5) is 5.69 Å². The van der Waals surface area contributed by atoms with Crippen LogP contribution in [-0.4, -0.2) is 11.1 Å². The van der Waals surface area contributed by atoms with Crippen LogP contribution in [0.1, 0.15) is 31.1 Å². The van der Waals surface area contributed by atoms with E-state index in [2.05, 4.69) is 5.32 Å². The average Bonchev–Trinajstić information content (AvgIpc) is 2.17. The van der Waals surface area contributed by atoms with Gasteiger partial charge in [0.15, 0.2) is 0 Å². The molecule has 4 heteroatoms. The summed E-state index contributed by atoms with van der Waals surface area (Å²) >= 11 is 5.31. The molecule has 3 nitrogen and oxygen atoms in total. The molecule has 0 aromatic heterocycles. The first-order chi connectivity index (χ1) is 7.30. The molecule has 0 saturated heterocycles. The summed E-state index contributed by atoms with van der Waals surface area (Å²) in [4.78, 5) is 22.5. The summed E-state index contributed by atoms with van der Waals surface area (Å²) in [6.45, 7) is 5.50. The molecule has 16 heavy (non-hydrogen) atoms. The number of anilines is 1. The third-order valence-electron chi connectivity index (χ3n) is 2.05. The van der Waals surface area contributed by atoms with E-state index in [1.54, 1.807) is 24.3 Å². The van der Waals surface area contributed by atoms with Gasteiger partial charge in [-0.15, -0.1) is 0 Å². The number of benzene rings is 1. The number of hydrogen-bond acceptors (Lipinski definition) is 2. The number of carbonyl (C=O) groups excluding carboxylic acids is 2. The van der Waals surface area contributed by atoms with Crippen molar-refractivity contribution in [1.29, 1.82) is 0 Å². The van der Waals surface area contributed by atoms with Crippen LogP contribution in [0.2, 0.25) is 0 Å². The number of rotatable bonds is 2. The fourth-order valence-corrected chi connectivity index (χ4v) is 1.13. The van der Waals surface area contributed by atoms with Gasteiger partial charge in [-0.25, -0.2) is 0 Å². The Balaban J connectivity index is 2.77. The molecule has 0 fully saturated rings. The molecule has 0 spiro atoms. The van der Waals surface area contributed by atoms with Gasteiger partial charge in [0, 0.05) is 16.7 Å². The summed E-state index contributed by atoms with van der Waals surface area (Å²) in [5, 5.41) is 2.25. The van der Waals surface area contributed by atoms with Gasteiger partial charge >= 0.3 is 0 Å². The minimum absolute atomic E-state index is 0.0718. The van der Waals surface area contributed by atoms with Gasteiger partial charge in [0.2, 0.25) is 5.91 Å². The van der Waals surface area contributed by atoms with E-state index in [1.807, 2.05) is 20.8 Å². The van der Waals surface area contributed by atoms with Crippen LogP contribution < -0.4 is 5.32 Å². The second kappa shape index (κ2) is 4.66. The first kappa shape index (κ1) is 12.7. The lowest BCUT2D eigenvalue weighted by atomic mass is 9.95.